The van der Waals surface area contributed by atoms with Gasteiger partial charge in [-0.3, -0.25) is 18.2 Å². The molecule has 0 radical (unpaired) electrons. The van der Waals surface area contributed by atoms with Gasteiger partial charge in [0.1, 0.15) is 12.2 Å². The van der Waals surface area contributed by atoms with Gasteiger partial charge in [-0.15, -0.1) is 0 Å². The summed E-state index contributed by atoms with van der Waals surface area (Å²) in [6.45, 7) is 1.67. The molecule has 0 saturated carbocycles. The minimum Gasteiger partial charge on any atom is -0.387 e. The summed E-state index contributed by atoms with van der Waals surface area (Å²) < 4.78 is 11.5. The maximum Gasteiger partial charge on any atom is 0.330 e. The Morgan fingerprint density at radius 2 is 2.29 bits per heavy atom. The van der Waals surface area contributed by atoms with Gasteiger partial charge < -0.3 is 9.84 Å². The van der Waals surface area contributed by atoms with E-state index in [0.717, 1.165) is 0 Å². The Kier molecular flexibility index (Phi) is 3.48. The number of aliphatic hydroxyl groups excluding tert-OH is 1. The van der Waals surface area contributed by atoms with Crippen molar-refractivity contribution < 1.29 is 13.7 Å². The lowest BCUT2D eigenvalue weighted by Gasteiger charge is -2.18. The van der Waals surface area contributed by atoms with Crippen molar-refractivity contribution in [2.24, 2.45) is 0 Å². The predicted molar refractivity (Wildman–Crippen MR) is 60.7 cm³/mol. The molecule has 1 aliphatic heterocycles. The van der Waals surface area contributed by atoms with Crippen molar-refractivity contribution >= 4 is 16.3 Å². The van der Waals surface area contributed by atoms with Crippen molar-refractivity contribution in [1.82, 2.24) is 9.55 Å². The van der Waals surface area contributed by atoms with Crippen LogP contribution in [0.5, 0.6) is 0 Å². The van der Waals surface area contributed by atoms with E-state index in [-0.39, 0.29) is 0 Å². The highest BCUT2D eigenvalue weighted by molar-refractivity contribution is 9.06. The first-order valence-corrected chi connectivity index (χ1v) is 5.61. The van der Waals surface area contributed by atoms with Gasteiger partial charge in [-0.25, -0.2) is 4.79 Å². The number of aliphatic hydroxyl groups is 1. The average molecular weight is 307 g/mol. The third-order valence-electron chi connectivity index (χ3n) is 2.68. The van der Waals surface area contributed by atoms with E-state index in [1.54, 1.807) is 6.92 Å². The van der Waals surface area contributed by atoms with Crippen LogP contribution in [0.1, 0.15) is 13.2 Å². The highest BCUT2D eigenvalue weighted by Gasteiger charge is 2.43. The molecule has 0 amide bonds. The van der Waals surface area contributed by atoms with E-state index in [1.165, 1.54) is 16.8 Å². The normalized spacial score (nSPS) is 32.9. The van der Waals surface area contributed by atoms with Gasteiger partial charge in [0.25, 0.3) is 5.56 Å². The molecule has 1 aromatic heterocycles. The molecule has 94 valence electrons. The molecule has 8 heteroatoms. The summed E-state index contributed by atoms with van der Waals surface area (Å²) in [5, 5.41) is 9.77. The largest absolute Gasteiger partial charge is 0.387 e. The fourth-order valence-electron chi connectivity index (χ4n) is 1.76. The van der Waals surface area contributed by atoms with E-state index in [0.29, 0.717) is 0 Å². The molecule has 1 aromatic rings. The van der Waals surface area contributed by atoms with E-state index in [9.17, 15) is 14.7 Å². The summed E-state index contributed by atoms with van der Waals surface area (Å²) in [7, 11) is 0. The number of rotatable bonds is 2. The van der Waals surface area contributed by atoms with Gasteiger partial charge in [-0.2, -0.15) is 0 Å². The van der Waals surface area contributed by atoms with Crippen LogP contribution >= 0.6 is 16.3 Å². The average Bonchev–Trinajstić information content (AvgIpc) is 2.55. The maximum atomic E-state index is 11.6. The monoisotopic (exact) mass is 306 g/mol. The Morgan fingerprint density at radius 3 is 2.88 bits per heavy atom. The van der Waals surface area contributed by atoms with Crippen LogP contribution in [0.3, 0.4) is 0 Å². The summed E-state index contributed by atoms with van der Waals surface area (Å²) in [6, 6.07) is 1.20. The zero-order valence-electron chi connectivity index (χ0n) is 8.87. The van der Waals surface area contributed by atoms with Crippen LogP contribution in [0.15, 0.2) is 21.9 Å². The molecule has 2 heterocycles. The third-order valence-corrected chi connectivity index (χ3v) is 3.11. The number of nitrogens with one attached hydrogen (secondary N) is 1. The molecular weight excluding hydrogens is 296 g/mol. The maximum absolute atomic E-state index is 11.6. The Hall–Kier alpha value is -0.960. The molecule has 17 heavy (non-hydrogen) atoms. The van der Waals surface area contributed by atoms with E-state index in [2.05, 4.69) is 21.2 Å². The quantitative estimate of drug-likeness (QED) is 0.769. The molecule has 2 unspecified atom stereocenters. The third kappa shape index (κ3) is 2.21. The van der Waals surface area contributed by atoms with Gasteiger partial charge in [0.15, 0.2) is 6.23 Å². The second-order valence-electron chi connectivity index (χ2n) is 3.79. The molecule has 1 aliphatic rings. The van der Waals surface area contributed by atoms with Gasteiger partial charge in [-0.1, -0.05) is 0 Å². The molecule has 0 spiro atoms. The number of halogens is 1. The lowest BCUT2D eigenvalue weighted by Crippen LogP contribution is -2.37. The van der Waals surface area contributed by atoms with Gasteiger partial charge in [-0.05, 0) is 6.92 Å². The second-order valence-corrected chi connectivity index (χ2v) is 4.17. The zero-order valence-corrected chi connectivity index (χ0v) is 10.5. The minimum absolute atomic E-state index is 0.471. The molecule has 1 saturated heterocycles. The van der Waals surface area contributed by atoms with Crippen LogP contribution in [0.4, 0.5) is 0 Å². The standard InChI is InChI=1S/C9H11BrN2O5/c1-4-6(14)7(17-10)8(16-4)12-3-2-5(13)11-9(12)15/h2-4,6-8,14H,1H3,(H,11,13,15)/t4-,6?,7?,8-/m0/s1. The van der Waals surface area contributed by atoms with Crippen molar-refractivity contribution in [2.75, 3.05) is 0 Å². The Bertz CT molecular complexity index is 513. The van der Waals surface area contributed by atoms with Gasteiger partial charge in [0, 0.05) is 12.3 Å². The van der Waals surface area contributed by atoms with Crippen LogP contribution in [0, 0.1) is 0 Å². The lowest BCUT2D eigenvalue weighted by atomic mass is 10.1. The molecule has 4 atom stereocenters. The first-order chi connectivity index (χ1) is 8.04. The highest BCUT2D eigenvalue weighted by Crippen LogP contribution is 2.31. The van der Waals surface area contributed by atoms with E-state index in [4.69, 9.17) is 8.57 Å². The van der Waals surface area contributed by atoms with E-state index >= 15 is 0 Å². The van der Waals surface area contributed by atoms with E-state index < -0.39 is 35.8 Å². The SMILES string of the molecule is C[C@@H]1O[C@H](n2ccc(=O)[nH]c2=O)C(OBr)C1O. The fourth-order valence-corrected chi connectivity index (χ4v) is 2.17. The molecule has 0 aliphatic carbocycles. The number of hydrogen-bond acceptors (Lipinski definition) is 5. The van der Waals surface area contributed by atoms with Crippen LogP contribution in [0.2, 0.25) is 0 Å². The molecule has 0 aromatic carbocycles. The van der Waals surface area contributed by atoms with Crippen molar-refractivity contribution in [3.63, 3.8) is 0 Å². The summed E-state index contributed by atoms with van der Waals surface area (Å²) in [5.41, 5.74) is -1.10. The molecular formula is C9H11BrN2O5. The number of aromatic amines is 1. The molecule has 2 N–H and O–H groups in total. The smallest absolute Gasteiger partial charge is 0.330 e. The molecule has 7 nitrogen and oxygen atoms in total. The number of hydrogen-bond donors (Lipinski definition) is 2. The number of ether oxygens (including phenoxy) is 1. The van der Waals surface area contributed by atoms with Crippen molar-refractivity contribution in [3.8, 4) is 0 Å². The summed E-state index contributed by atoms with van der Waals surface area (Å²) in [4.78, 5) is 24.6. The van der Waals surface area contributed by atoms with Crippen molar-refractivity contribution in [2.45, 2.75) is 31.5 Å². The van der Waals surface area contributed by atoms with Gasteiger partial charge >= 0.3 is 5.69 Å². The fraction of sp³-hybridized carbons (Fsp3) is 0.556. The van der Waals surface area contributed by atoms with Crippen molar-refractivity contribution in [1.29, 1.82) is 0 Å². The van der Waals surface area contributed by atoms with Crippen molar-refractivity contribution in [3.05, 3.63) is 33.1 Å². The van der Waals surface area contributed by atoms with Gasteiger partial charge in [0.2, 0.25) is 0 Å². The molecule has 2 rings (SSSR count). The number of nitrogens with zero attached hydrogens (tertiary/aromatic N) is 1. The van der Waals surface area contributed by atoms with E-state index in [1.807, 2.05) is 0 Å². The predicted octanol–water partition coefficient (Wildman–Crippen LogP) is -0.490. The summed E-state index contributed by atoms with van der Waals surface area (Å²) in [5.74, 6) is 0. The molecule has 0 bridgehead atoms. The molecule has 1 fully saturated rings. The summed E-state index contributed by atoms with van der Waals surface area (Å²) >= 11 is 2.79. The lowest BCUT2D eigenvalue weighted by molar-refractivity contribution is -0.0230. The Morgan fingerprint density at radius 1 is 1.59 bits per heavy atom. The number of H-pyrrole nitrogens is 1. The Labute approximate surface area is 104 Å². The minimum atomic E-state index is -0.863. The van der Waals surface area contributed by atoms with Crippen LogP contribution in [-0.4, -0.2) is 33.0 Å². The first kappa shape index (κ1) is 12.5. The second kappa shape index (κ2) is 4.73. The van der Waals surface area contributed by atoms with Crippen LogP contribution < -0.4 is 11.2 Å². The zero-order chi connectivity index (χ0) is 12.6. The van der Waals surface area contributed by atoms with Gasteiger partial charge in [0.05, 0.1) is 22.4 Å². The Balaban J connectivity index is 2.40. The number of aromatic nitrogens is 2. The topological polar surface area (TPSA) is 93.6 Å². The summed E-state index contributed by atoms with van der Waals surface area (Å²) in [6.07, 6.45) is -1.55. The van der Waals surface area contributed by atoms with Crippen LogP contribution in [-0.2, 0) is 8.57 Å². The highest BCUT2D eigenvalue weighted by atomic mass is 79.9. The van der Waals surface area contributed by atoms with Crippen LogP contribution in [0.25, 0.3) is 0 Å². The first-order valence-electron chi connectivity index (χ1n) is 4.97.